The zero-order chi connectivity index (χ0) is 15.5. The number of aromatic nitrogens is 2. The van der Waals surface area contributed by atoms with Crippen LogP contribution in [0.2, 0.25) is 0 Å². The number of H-pyrrole nitrogens is 1. The van der Waals surface area contributed by atoms with Gasteiger partial charge in [-0.05, 0) is 26.3 Å². The van der Waals surface area contributed by atoms with E-state index in [0.717, 1.165) is 36.5 Å². The molecule has 0 unspecified atom stereocenters. The molecular formula is C17H21N3O2. The Morgan fingerprint density at radius 1 is 1.36 bits per heavy atom. The molecule has 22 heavy (non-hydrogen) atoms. The molecule has 0 saturated heterocycles. The first-order valence-corrected chi connectivity index (χ1v) is 7.69. The van der Waals surface area contributed by atoms with Gasteiger partial charge in [0.15, 0.2) is 0 Å². The number of aryl methyl sites for hydroxylation is 1. The molecule has 0 atom stereocenters. The Hall–Kier alpha value is -2.14. The van der Waals surface area contributed by atoms with E-state index in [1.54, 1.807) is 0 Å². The second kappa shape index (κ2) is 6.32. The van der Waals surface area contributed by atoms with Gasteiger partial charge in [0.05, 0.1) is 12.3 Å². The lowest BCUT2D eigenvalue weighted by Crippen LogP contribution is -2.35. The molecule has 1 aliphatic rings. The smallest absolute Gasteiger partial charge is 0.254 e. The van der Waals surface area contributed by atoms with E-state index in [-0.39, 0.29) is 5.56 Å². The molecule has 0 aliphatic carbocycles. The molecule has 3 rings (SSSR count). The maximum absolute atomic E-state index is 12.0. The van der Waals surface area contributed by atoms with Crippen molar-refractivity contribution >= 4 is 0 Å². The van der Waals surface area contributed by atoms with Crippen molar-refractivity contribution in [3.63, 3.8) is 0 Å². The van der Waals surface area contributed by atoms with Crippen molar-refractivity contribution in [3.8, 4) is 5.75 Å². The number of nitrogens with zero attached hydrogens (tertiary/aromatic N) is 2. The quantitative estimate of drug-likeness (QED) is 0.938. The summed E-state index contributed by atoms with van der Waals surface area (Å²) in [4.78, 5) is 21.5. The van der Waals surface area contributed by atoms with Gasteiger partial charge in [-0.2, -0.15) is 0 Å². The van der Waals surface area contributed by atoms with Crippen LogP contribution in [0.3, 0.4) is 0 Å². The summed E-state index contributed by atoms with van der Waals surface area (Å²) in [5.74, 6) is 1.62. The van der Waals surface area contributed by atoms with Crippen LogP contribution in [0, 0.1) is 6.92 Å². The van der Waals surface area contributed by atoms with Crippen molar-refractivity contribution in [2.45, 2.75) is 33.4 Å². The van der Waals surface area contributed by atoms with Crippen molar-refractivity contribution in [1.29, 1.82) is 0 Å². The molecule has 5 nitrogen and oxygen atoms in total. The van der Waals surface area contributed by atoms with Crippen LogP contribution in [0.25, 0.3) is 0 Å². The summed E-state index contributed by atoms with van der Waals surface area (Å²) >= 11 is 0. The lowest BCUT2D eigenvalue weighted by atomic mass is 10.1. The molecule has 116 valence electrons. The summed E-state index contributed by atoms with van der Waals surface area (Å²) < 4.78 is 5.69. The Kier molecular flexibility index (Phi) is 4.24. The topological polar surface area (TPSA) is 58.2 Å². The number of rotatable bonds is 4. The van der Waals surface area contributed by atoms with Crippen molar-refractivity contribution in [1.82, 2.24) is 14.9 Å². The number of fused-ring (bicyclic) bond motifs is 1. The second-order valence-electron chi connectivity index (χ2n) is 5.58. The Balaban J connectivity index is 1.80. The van der Waals surface area contributed by atoms with E-state index in [1.807, 2.05) is 32.0 Å². The summed E-state index contributed by atoms with van der Waals surface area (Å²) in [6, 6.07) is 8.12. The first-order chi connectivity index (χ1) is 10.7. The lowest BCUT2D eigenvalue weighted by Gasteiger charge is -2.28. The third-order valence-corrected chi connectivity index (χ3v) is 3.94. The van der Waals surface area contributed by atoms with E-state index in [0.29, 0.717) is 19.0 Å². The van der Waals surface area contributed by atoms with Gasteiger partial charge in [0, 0.05) is 30.8 Å². The maximum atomic E-state index is 12.0. The van der Waals surface area contributed by atoms with Crippen LogP contribution in [0.5, 0.6) is 5.75 Å². The maximum Gasteiger partial charge on any atom is 0.254 e. The largest absolute Gasteiger partial charge is 0.494 e. The minimum absolute atomic E-state index is 0.0110. The molecule has 0 radical (unpaired) electrons. The highest BCUT2D eigenvalue weighted by Crippen LogP contribution is 2.22. The molecule has 0 saturated carbocycles. The third kappa shape index (κ3) is 3.04. The molecule has 1 N–H and O–H groups in total. The van der Waals surface area contributed by atoms with Gasteiger partial charge in [-0.3, -0.25) is 9.69 Å². The predicted octanol–water partition coefficient (Wildman–Crippen LogP) is 2.04. The molecule has 5 heteroatoms. The minimum Gasteiger partial charge on any atom is -0.494 e. The van der Waals surface area contributed by atoms with Gasteiger partial charge in [0.1, 0.15) is 11.6 Å². The van der Waals surface area contributed by atoms with Crippen LogP contribution in [0.15, 0.2) is 29.1 Å². The Labute approximate surface area is 130 Å². The number of hydrogen-bond acceptors (Lipinski definition) is 4. The highest BCUT2D eigenvalue weighted by atomic mass is 16.5. The van der Waals surface area contributed by atoms with Crippen molar-refractivity contribution in [2.75, 3.05) is 13.2 Å². The van der Waals surface area contributed by atoms with Crippen molar-refractivity contribution in [2.24, 2.45) is 0 Å². The standard InChI is InChI=1S/C17H21N3O2/c1-3-22-16-7-5-4-6-13(16)10-20-9-8-14-15(11-20)18-12(2)19-17(14)21/h4-7H,3,8-11H2,1-2H3,(H,18,19,21). The molecule has 1 aliphatic heterocycles. The molecule has 0 spiro atoms. The normalized spacial score (nSPS) is 14.6. The zero-order valence-electron chi connectivity index (χ0n) is 13.1. The van der Waals surface area contributed by atoms with Crippen LogP contribution in [-0.2, 0) is 19.5 Å². The van der Waals surface area contributed by atoms with Gasteiger partial charge in [-0.1, -0.05) is 18.2 Å². The number of para-hydroxylation sites is 1. The molecular weight excluding hydrogens is 278 g/mol. The number of ether oxygens (including phenoxy) is 1. The molecule has 2 aromatic rings. The highest BCUT2D eigenvalue weighted by molar-refractivity contribution is 5.33. The van der Waals surface area contributed by atoms with E-state index in [9.17, 15) is 4.79 Å². The van der Waals surface area contributed by atoms with Gasteiger partial charge in [0.25, 0.3) is 5.56 Å². The van der Waals surface area contributed by atoms with Gasteiger partial charge in [-0.15, -0.1) is 0 Å². The van der Waals surface area contributed by atoms with Gasteiger partial charge in [-0.25, -0.2) is 4.98 Å². The summed E-state index contributed by atoms with van der Waals surface area (Å²) in [6.45, 7) is 6.86. The first kappa shape index (κ1) is 14.8. The van der Waals surface area contributed by atoms with E-state index in [4.69, 9.17) is 4.74 Å². The second-order valence-corrected chi connectivity index (χ2v) is 5.58. The van der Waals surface area contributed by atoms with E-state index in [1.165, 1.54) is 5.56 Å². The van der Waals surface area contributed by atoms with E-state index < -0.39 is 0 Å². The third-order valence-electron chi connectivity index (χ3n) is 3.94. The average molecular weight is 299 g/mol. The fourth-order valence-corrected chi connectivity index (χ4v) is 2.92. The van der Waals surface area contributed by atoms with Crippen LogP contribution in [0.4, 0.5) is 0 Å². The van der Waals surface area contributed by atoms with Crippen LogP contribution >= 0.6 is 0 Å². The van der Waals surface area contributed by atoms with Crippen LogP contribution in [0.1, 0.15) is 29.6 Å². The molecule has 2 heterocycles. The number of hydrogen-bond donors (Lipinski definition) is 1. The molecule has 0 fully saturated rings. The SMILES string of the molecule is CCOc1ccccc1CN1CCc2c(nc(C)[nH]c2=O)C1. The number of nitrogens with one attached hydrogen (secondary N) is 1. The Bertz CT molecular complexity index is 724. The lowest BCUT2D eigenvalue weighted by molar-refractivity contribution is 0.234. The van der Waals surface area contributed by atoms with Gasteiger partial charge < -0.3 is 9.72 Å². The fourth-order valence-electron chi connectivity index (χ4n) is 2.92. The molecule has 1 aromatic heterocycles. The Morgan fingerprint density at radius 3 is 3.00 bits per heavy atom. The monoisotopic (exact) mass is 299 g/mol. The summed E-state index contributed by atoms with van der Waals surface area (Å²) in [7, 11) is 0. The summed E-state index contributed by atoms with van der Waals surface area (Å²) in [5.41, 5.74) is 2.92. The zero-order valence-corrected chi connectivity index (χ0v) is 13.1. The van der Waals surface area contributed by atoms with E-state index in [2.05, 4.69) is 20.9 Å². The van der Waals surface area contributed by atoms with Gasteiger partial charge >= 0.3 is 0 Å². The summed E-state index contributed by atoms with van der Waals surface area (Å²) in [5, 5.41) is 0. The van der Waals surface area contributed by atoms with E-state index >= 15 is 0 Å². The van der Waals surface area contributed by atoms with Crippen LogP contribution < -0.4 is 10.3 Å². The Morgan fingerprint density at radius 2 is 2.18 bits per heavy atom. The molecule has 1 aromatic carbocycles. The van der Waals surface area contributed by atoms with Crippen molar-refractivity contribution in [3.05, 3.63) is 57.3 Å². The summed E-state index contributed by atoms with van der Waals surface area (Å²) in [6.07, 6.45) is 0.745. The van der Waals surface area contributed by atoms with Crippen LogP contribution in [-0.4, -0.2) is 28.0 Å². The number of benzene rings is 1. The molecule has 0 amide bonds. The average Bonchev–Trinajstić information content (AvgIpc) is 2.49. The fraction of sp³-hybridized carbons (Fsp3) is 0.412. The molecule has 0 bridgehead atoms. The van der Waals surface area contributed by atoms with Gasteiger partial charge in [0.2, 0.25) is 0 Å². The first-order valence-electron chi connectivity index (χ1n) is 7.69. The van der Waals surface area contributed by atoms with Crippen molar-refractivity contribution < 1.29 is 4.74 Å². The minimum atomic E-state index is 0.0110. The number of aromatic amines is 1. The predicted molar refractivity (Wildman–Crippen MR) is 85.0 cm³/mol. The highest BCUT2D eigenvalue weighted by Gasteiger charge is 2.21.